The van der Waals surface area contributed by atoms with E-state index < -0.39 is 16.4 Å². The molecule has 10 nitrogen and oxygen atoms in total. The van der Waals surface area contributed by atoms with Gasteiger partial charge in [0.15, 0.2) is 5.57 Å². The van der Waals surface area contributed by atoms with Gasteiger partial charge in [-0.2, -0.15) is 5.26 Å². The molecular weight excluding hydrogens is 556 g/mol. The molecule has 3 aromatic heterocycles. The van der Waals surface area contributed by atoms with Crippen molar-refractivity contribution in [1.82, 2.24) is 9.88 Å². The lowest BCUT2D eigenvalue weighted by molar-refractivity contribution is -0.384. The van der Waals surface area contributed by atoms with E-state index in [-0.39, 0.29) is 32.0 Å². The van der Waals surface area contributed by atoms with Crippen LogP contribution in [-0.4, -0.2) is 15.4 Å². The molecule has 0 aliphatic carbocycles. The number of nitrogens with zero attached hydrogens (tertiary/aromatic N) is 3. The Morgan fingerprint density at radius 2 is 1.95 bits per heavy atom. The number of aromatic nitrogens is 1. The zero-order valence-electron chi connectivity index (χ0n) is 20.4. The van der Waals surface area contributed by atoms with Crippen LogP contribution in [0.1, 0.15) is 11.5 Å². The number of thiazole rings is 1. The largest absolute Gasteiger partial charge is 0.467 e. The minimum atomic E-state index is -0.660. The lowest BCUT2D eigenvalue weighted by Crippen LogP contribution is -2.33. The number of carbonyl (C=O) groups is 1. The summed E-state index contributed by atoms with van der Waals surface area (Å²) in [6.07, 6.45) is 2.98. The van der Waals surface area contributed by atoms with Crippen molar-refractivity contribution in [2.45, 2.75) is 6.54 Å². The van der Waals surface area contributed by atoms with Crippen molar-refractivity contribution in [2.24, 2.45) is 0 Å². The highest BCUT2D eigenvalue weighted by molar-refractivity contribution is 7.07. The zero-order valence-corrected chi connectivity index (χ0v) is 21.9. The van der Waals surface area contributed by atoms with Gasteiger partial charge in [-0.1, -0.05) is 29.8 Å². The third-order valence-corrected chi connectivity index (χ3v) is 7.12. The molecule has 40 heavy (non-hydrogen) atoms. The summed E-state index contributed by atoms with van der Waals surface area (Å²) < 4.78 is 12.8. The molecule has 1 N–H and O–H groups in total. The summed E-state index contributed by atoms with van der Waals surface area (Å²) in [6.45, 7) is 0.0682. The SMILES string of the molecule is N#C/C(C(=O)NCc1ccco1)=c1/s/c(=C\c2ccc(-c3ccc([N+](=O)[O-])c(Cl)c3)o2)c(=O)n1-c1ccccc1. The maximum Gasteiger partial charge on any atom is 0.287 e. The van der Waals surface area contributed by atoms with Crippen LogP contribution in [-0.2, 0) is 11.3 Å². The van der Waals surface area contributed by atoms with Crippen molar-refractivity contribution in [3.05, 3.63) is 125 Å². The van der Waals surface area contributed by atoms with Crippen LogP contribution in [0, 0.1) is 21.4 Å². The Hall–Kier alpha value is -5.18. The van der Waals surface area contributed by atoms with E-state index in [4.69, 9.17) is 20.4 Å². The Bertz CT molecular complexity index is 1950. The average molecular weight is 573 g/mol. The average Bonchev–Trinajstić information content (AvgIpc) is 3.70. The van der Waals surface area contributed by atoms with Gasteiger partial charge in [0.25, 0.3) is 17.2 Å². The first-order chi connectivity index (χ1) is 19.4. The minimum absolute atomic E-state index is 0.0389. The number of hydrogen-bond acceptors (Lipinski definition) is 8. The molecule has 1 amide bonds. The van der Waals surface area contributed by atoms with Crippen LogP contribution < -0.4 is 20.1 Å². The Morgan fingerprint density at radius 1 is 1.15 bits per heavy atom. The van der Waals surface area contributed by atoms with Gasteiger partial charge in [0, 0.05) is 17.7 Å². The summed E-state index contributed by atoms with van der Waals surface area (Å²) in [6, 6.07) is 21.4. The number of nitro groups is 1. The van der Waals surface area contributed by atoms with E-state index in [0.29, 0.717) is 28.5 Å². The standard InChI is InChI=1S/C28H17ClN4O6S/c29-22-13-17(8-10-23(22)33(36)37)24-11-9-19(39-24)14-25-27(35)32(18-5-2-1-3-6-18)28(40-25)21(15-30)26(34)31-16-20-7-4-12-38-20/h1-14H,16H2,(H,31,34)/b25-14-,28-21-. The third-order valence-electron chi connectivity index (χ3n) is 5.72. The van der Waals surface area contributed by atoms with Gasteiger partial charge >= 0.3 is 0 Å². The van der Waals surface area contributed by atoms with Crippen molar-refractivity contribution < 1.29 is 18.6 Å². The van der Waals surface area contributed by atoms with E-state index in [1.807, 2.05) is 6.07 Å². The predicted molar refractivity (Wildman–Crippen MR) is 148 cm³/mol. The molecule has 0 unspecified atom stereocenters. The van der Waals surface area contributed by atoms with E-state index in [9.17, 15) is 25.0 Å². The van der Waals surface area contributed by atoms with Gasteiger partial charge in [0.05, 0.1) is 28.0 Å². The molecule has 198 valence electrons. The van der Waals surface area contributed by atoms with Gasteiger partial charge in [-0.05, 0) is 48.5 Å². The molecule has 0 aliphatic heterocycles. The van der Waals surface area contributed by atoms with E-state index in [2.05, 4.69) is 5.32 Å². The first kappa shape index (κ1) is 26.4. The summed E-state index contributed by atoms with van der Waals surface area (Å²) in [5.74, 6) is 0.543. The van der Waals surface area contributed by atoms with Crippen molar-refractivity contribution in [2.75, 3.05) is 0 Å². The summed E-state index contributed by atoms with van der Waals surface area (Å²) in [4.78, 5) is 37.0. The molecule has 0 saturated carbocycles. The second-order valence-electron chi connectivity index (χ2n) is 8.27. The van der Waals surface area contributed by atoms with Gasteiger partial charge in [0.2, 0.25) is 0 Å². The summed E-state index contributed by atoms with van der Waals surface area (Å²) in [5.41, 5.74) is 0.0730. The first-order valence-corrected chi connectivity index (χ1v) is 12.8. The molecule has 0 spiro atoms. The molecule has 3 heterocycles. The fourth-order valence-corrected chi connectivity index (χ4v) is 5.18. The third kappa shape index (κ3) is 5.35. The Kier molecular flexibility index (Phi) is 7.46. The smallest absolute Gasteiger partial charge is 0.287 e. The monoisotopic (exact) mass is 572 g/mol. The highest BCUT2D eigenvalue weighted by Gasteiger charge is 2.18. The van der Waals surface area contributed by atoms with Crippen molar-refractivity contribution >= 4 is 46.2 Å². The van der Waals surface area contributed by atoms with Crippen LogP contribution in [0.5, 0.6) is 0 Å². The fourth-order valence-electron chi connectivity index (χ4n) is 3.85. The Labute approximate surface area is 234 Å². The molecule has 12 heteroatoms. The first-order valence-electron chi connectivity index (χ1n) is 11.6. The molecule has 0 bridgehead atoms. The normalized spacial score (nSPS) is 12.2. The summed E-state index contributed by atoms with van der Waals surface area (Å²) in [5, 5.41) is 23.6. The van der Waals surface area contributed by atoms with Crippen LogP contribution >= 0.6 is 22.9 Å². The number of halogens is 1. The van der Waals surface area contributed by atoms with E-state index in [1.165, 1.54) is 35.1 Å². The Morgan fingerprint density at radius 3 is 2.62 bits per heavy atom. The van der Waals surface area contributed by atoms with E-state index in [0.717, 1.165) is 11.3 Å². The molecular formula is C28H17ClN4O6S. The lowest BCUT2D eigenvalue weighted by Gasteiger charge is -2.04. The second-order valence-corrected chi connectivity index (χ2v) is 9.70. The molecule has 0 atom stereocenters. The maximum atomic E-state index is 13.6. The number of amides is 1. The van der Waals surface area contributed by atoms with Crippen molar-refractivity contribution in [3.8, 4) is 23.1 Å². The van der Waals surface area contributed by atoms with Gasteiger partial charge in [-0.25, -0.2) is 0 Å². The topological polar surface area (TPSA) is 144 Å². The molecule has 5 rings (SSSR count). The number of nitriles is 1. The number of nitro benzene ring substituents is 1. The van der Waals surface area contributed by atoms with E-state index in [1.54, 1.807) is 54.6 Å². The molecule has 0 radical (unpaired) electrons. The summed E-state index contributed by atoms with van der Waals surface area (Å²) >= 11 is 7.00. The number of benzene rings is 2. The number of carbonyl (C=O) groups excluding carboxylic acids is 1. The second kappa shape index (κ2) is 11.3. The molecule has 0 aliphatic rings. The minimum Gasteiger partial charge on any atom is -0.467 e. The van der Waals surface area contributed by atoms with Gasteiger partial charge < -0.3 is 14.2 Å². The number of furan rings is 2. The number of nitrogens with one attached hydrogen (secondary N) is 1. The van der Waals surface area contributed by atoms with Gasteiger partial charge in [0.1, 0.15) is 33.0 Å². The van der Waals surface area contributed by atoms with Crippen LogP contribution in [0.15, 0.2) is 92.7 Å². The zero-order chi connectivity index (χ0) is 28.2. The van der Waals surface area contributed by atoms with Gasteiger partial charge in [-0.3, -0.25) is 24.3 Å². The number of rotatable bonds is 7. The molecule has 0 fully saturated rings. The fraction of sp³-hybridized carbons (Fsp3) is 0.0357. The van der Waals surface area contributed by atoms with E-state index >= 15 is 0 Å². The molecule has 0 saturated heterocycles. The summed E-state index contributed by atoms with van der Waals surface area (Å²) in [7, 11) is 0. The quantitative estimate of drug-likeness (QED) is 0.228. The van der Waals surface area contributed by atoms with Crippen LogP contribution in [0.4, 0.5) is 5.69 Å². The number of para-hydroxylation sites is 1. The highest BCUT2D eigenvalue weighted by atomic mass is 35.5. The molecule has 5 aromatic rings. The molecule has 2 aromatic carbocycles. The number of hydrogen-bond donors (Lipinski definition) is 1. The lowest BCUT2D eigenvalue weighted by atomic mass is 10.1. The van der Waals surface area contributed by atoms with Crippen molar-refractivity contribution in [3.63, 3.8) is 0 Å². The van der Waals surface area contributed by atoms with Gasteiger partial charge in [-0.15, -0.1) is 11.3 Å². The maximum absolute atomic E-state index is 13.6. The van der Waals surface area contributed by atoms with Crippen LogP contribution in [0.3, 0.4) is 0 Å². The Balaban J connectivity index is 1.59. The van der Waals surface area contributed by atoms with Crippen molar-refractivity contribution in [1.29, 1.82) is 5.26 Å². The van der Waals surface area contributed by atoms with Crippen LogP contribution in [0.2, 0.25) is 5.02 Å². The highest BCUT2D eigenvalue weighted by Crippen LogP contribution is 2.31. The van der Waals surface area contributed by atoms with Crippen LogP contribution in [0.25, 0.3) is 28.7 Å². The predicted octanol–water partition coefficient (Wildman–Crippen LogP) is 4.13.